The molecule has 1 aromatic rings. The van der Waals surface area contributed by atoms with Crippen LogP contribution >= 0.6 is 0 Å². The van der Waals surface area contributed by atoms with Crippen LogP contribution in [0, 0.1) is 17.3 Å². The number of rotatable bonds is 2. The van der Waals surface area contributed by atoms with Crippen molar-refractivity contribution in [2.75, 3.05) is 0 Å². The molecule has 1 aromatic carbocycles. The van der Waals surface area contributed by atoms with Crippen LogP contribution in [-0.4, -0.2) is 5.78 Å². The molecule has 1 heterocycles. The van der Waals surface area contributed by atoms with Crippen LogP contribution in [-0.2, 0) is 13.1 Å². The molecule has 94 valence electrons. The lowest BCUT2D eigenvalue weighted by atomic mass is 9.97. The van der Waals surface area contributed by atoms with Gasteiger partial charge in [-0.25, -0.2) is 0 Å². The molecule has 1 N–H and O–H groups in total. The van der Waals surface area contributed by atoms with Gasteiger partial charge in [0.25, 0.3) is 0 Å². The predicted molar refractivity (Wildman–Crippen MR) is 73.2 cm³/mol. The Morgan fingerprint density at radius 1 is 1.28 bits per heavy atom. The molecule has 0 bridgehead atoms. The Kier molecular flexibility index (Phi) is 3.54. The second kappa shape index (κ2) is 4.96. The van der Waals surface area contributed by atoms with Gasteiger partial charge in [0.1, 0.15) is 0 Å². The van der Waals surface area contributed by atoms with Gasteiger partial charge in [-0.1, -0.05) is 24.0 Å². The topological polar surface area (TPSA) is 29.1 Å². The highest BCUT2D eigenvalue weighted by molar-refractivity contribution is 5.97. The van der Waals surface area contributed by atoms with E-state index in [1.54, 1.807) is 0 Å². The van der Waals surface area contributed by atoms with Gasteiger partial charge >= 0.3 is 0 Å². The van der Waals surface area contributed by atoms with Gasteiger partial charge in [-0.15, -0.1) is 0 Å². The lowest BCUT2D eigenvalue weighted by molar-refractivity contribution is 0.0998. The predicted octanol–water partition coefficient (Wildman–Crippen LogP) is 2.91. The molecule has 2 nitrogen and oxygen atoms in total. The third-order valence-corrected chi connectivity index (χ3v) is 2.87. The van der Waals surface area contributed by atoms with Gasteiger partial charge in [0.15, 0.2) is 5.78 Å². The van der Waals surface area contributed by atoms with E-state index in [1.165, 1.54) is 11.1 Å². The SMILES string of the molecule is CC(C)(C)C#CCC(=O)c1ccc2c(c1)CNC2. The summed E-state index contributed by atoms with van der Waals surface area (Å²) >= 11 is 0. The quantitative estimate of drug-likeness (QED) is 0.637. The molecule has 18 heavy (non-hydrogen) atoms. The van der Waals surface area contributed by atoms with Crippen LogP contribution in [0.1, 0.15) is 48.7 Å². The number of fused-ring (bicyclic) bond motifs is 1. The van der Waals surface area contributed by atoms with Crippen molar-refractivity contribution in [2.45, 2.75) is 40.3 Å². The number of ketones is 1. The highest BCUT2D eigenvalue weighted by Gasteiger charge is 2.13. The Hall–Kier alpha value is -1.59. The molecule has 1 aliphatic heterocycles. The zero-order valence-corrected chi connectivity index (χ0v) is 11.3. The minimum atomic E-state index is -0.0395. The van der Waals surface area contributed by atoms with Crippen LogP contribution in [0.25, 0.3) is 0 Å². The van der Waals surface area contributed by atoms with Gasteiger partial charge in [-0.05, 0) is 38.0 Å². The minimum Gasteiger partial charge on any atom is -0.309 e. The first-order chi connectivity index (χ1) is 8.46. The molecule has 0 saturated heterocycles. The van der Waals surface area contributed by atoms with Gasteiger partial charge in [-0.2, -0.15) is 0 Å². The molecular weight excluding hydrogens is 222 g/mol. The Balaban J connectivity index is 2.07. The van der Waals surface area contributed by atoms with Gasteiger partial charge in [-0.3, -0.25) is 4.79 Å². The molecule has 0 saturated carbocycles. The largest absolute Gasteiger partial charge is 0.309 e. The van der Waals surface area contributed by atoms with E-state index in [2.05, 4.69) is 17.2 Å². The number of hydrogen-bond donors (Lipinski definition) is 1. The van der Waals surface area contributed by atoms with Crippen LogP contribution in [0.2, 0.25) is 0 Å². The molecule has 0 amide bonds. The third kappa shape index (κ3) is 3.21. The summed E-state index contributed by atoms with van der Waals surface area (Å²) in [6, 6.07) is 5.95. The molecule has 0 unspecified atom stereocenters. The third-order valence-electron chi connectivity index (χ3n) is 2.87. The lowest BCUT2D eigenvalue weighted by Gasteiger charge is -2.06. The van der Waals surface area contributed by atoms with E-state index < -0.39 is 0 Å². The first-order valence-electron chi connectivity index (χ1n) is 6.31. The first kappa shape index (κ1) is 12.9. The smallest absolute Gasteiger partial charge is 0.174 e. The summed E-state index contributed by atoms with van der Waals surface area (Å²) in [4.78, 5) is 12.0. The summed E-state index contributed by atoms with van der Waals surface area (Å²) in [5.74, 6) is 6.18. The van der Waals surface area contributed by atoms with Crippen molar-refractivity contribution in [3.05, 3.63) is 34.9 Å². The Labute approximate surface area is 109 Å². The fourth-order valence-corrected chi connectivity index (χ4v) is 1.96. The highest BCUT2D eigenvalue weighted by atomic mass is 16.1. The number of carbonyl (C=O) groups excluding carboxylic acids is 1. The van der Waals surface area contributed by atoms with E-state index in [1.807, 2.05) is 39.0 Å². The zero-order valence-electron chi connectivity index (χ0n) is 11.3. The summed E-state index contributed by atoms with van der Waals surface area (Å²) in [6.45, 7) is 7.92. The van der Waals surface area contributed by atoms with Crippen LogP contribution in [0.4, 0.5) is 0 Å². The number of nitrogens with one attached hydrogen (secondary N) is 1. The Bertz CT molecular complexity index is 526. The fraction of sp³-hybridized carbons (Fsp3) is 0.438. The second-order valence-corrected chi connectivity index (χ2v) is 5.74. The summed E-state index contributed by atoms with van der Waals surface area (Å²) in [7, 11) is 0. The van der Waals surface area contributed by atoms with E-state index in [9.17, 15) is 4.79 Å². The average Bonchev–Trinajstić information content (AvgIpc) is 2.73. The number of carbonyl (C=O) groups is 1. The maximum atomic E-state index is 12.0. The number of benzene rings is 1. The number of Topliss-reactive ketones (excluding diaryl/α,β-unsaturated/α-hetero) is 1. The monoisotopic (exact) mass is 241 g/mol. The van der Waals surface area contributed by atoms with Crippen molar-refractivity contribution in [1.29, 1.82) is 0 Å². The van der Waals surface area contributed by atoms with Crippen LogP contribution in [0.5, 0.6) is 0 Å². The van der Waals surface area contributed by atoms with Crippen molar-refractivity contribution in [3.8, 4) is 11.8 Å². The summed E-state index contributed by atoms with van der Waals surface area (Å²) in [5, 5.41) is 3.28. The molecule has 0 atom stereocenters. The molecule has 0 fully saturated rings. The van der Waals surface area contributed by atoms with Crippen LogP contribution < -0.4 is 5.32 Å². The van der Waals surface area contributed by atoms with E-state index >= 15 is 0 Å². The van der Waals surface area contributed by atoms with E-state index in [0.717, 1.165) is 18.7 Å². The first-order valence-corrected chi connectivity index (χ1v) is 6.31. The maximum Gasteiger partial charge on any atom is 0.174 e. The maximum absolute atomic E-state index is 12.0. The van der Waals surface area contributed by atoms with Crippen molar-refractivity contribution in [2.24, 2.45) is 5.41 Å². The van der Waals surface area contributed by atoms with Crippen LogP contribution in [0.15, 0.2) is 18.2 Å². The summed E-state index contributed by atoms with van der Waals surface area (Å²) in [6.07, 6.45) is 0.309. The molecule has 2 rings (SSSR count). The van der Waals surface area contributed by atoms with Crippen LogP contribution in [0.3, 0.4) is 0 Å². The summed E-state index contributed by atoms with van der Waals surface area (Å²) in [5.41, 5.74) is 3.28. The Morgan fingerprint density at radius 2 is 2.00 bits per heavy atom. The minimum absolute atomic E-state index is 0.0395. The van der Waals surface area contributed by atoms with Crippen molar-refractivity contribution in [1.82, 2.24) is 5.32 Å². The molecular formula is C16H19NO. The summed E-state index contributed by atoms with van der Waals surface area (Å²) < 4.78 is 0. The highest BCUT2D eigenvalue weighted by Crippen LogP contribution is 2.18. The lowest BCUT2D eigenvalue weighted by Crippen LogP contribution is -2.02. The normalized spacial score (nSPS) is 13.7. The second-order valence-electron chi connectivity index (χ2n) is 5.74. The van der Waals surface area contributed by atoms with E-state index in [4.69, 9.17) is 0 Å². The van der Waals surface area contributed by atoms with Gasteiger partial charge in [0.2, 0.25) is 0 Å². The Morgan fingerprint density at radius 3 is 2.72 bits per heavy atom. The van der Waals surface area contributed by atoms with Gasteiger partial charge in [0, 0.05) is 24.1 Å². The van der Waals surface area contributed by atoms with Gasteiger partial charge in [0.05, 0.1) is 6.42 Å². The molecule has 1 aliphatic rings. The molecule has 0 radical (unpaired) electrons. The zero-order chi connectivity index (χ0) is 13.2. The van der Waals surface area contributed by atoms with Crippen molar-refractivity contribution in [3.63, 3.8) is 0 Å². The average molecular weight is 241 g/mol. The number of hydrogen-bond acceptors (Lipinski definition) is 2. The van der Waals surface area contributed by atoms with Gasteiger partial charge < -0.3 is 5.32 Å². The van der Waals surface area contributed by atoms with Crippen molar-refractivity contribution < 1.29 is 4.79 Å². The standard InChI is InChI=1S/C16H19NO/c1-16(2,3)8-4-5-15(18)12-6-7-13-10-17-11-14(13)9-12/h6-7,9,17H,5,10-11H2,1-3H3. The van der Waals surface area contributed by atoms with E-state index in [-0.39, 0.29) is 11.2 Å². The van der Waals surface area contributed by atoms with Crippen molar-refractivity contribution >= 4 is 5.78 Å². The fourth-order valence-electron chi connectivity index (χ4n) is 1.96. The molecule has 0 spiro atoms. The molecule has 2 heteroatoms. The molecule has 0 aromatic heterocycles. The van der Waals surface area contributed by atoms with E-state index in [0.29, 0.717) is 6.42 Å². The molecule has 0 aliphatic carbocycles.